The third-order valence-corrected chi connectivity index (χ3v) is 4.01. The summed E-state index contributed by atoms with van der Waals surface area (Å²) in [5.74, 6) is -2.05. The molecule has 26 heavy (non-hydrogen) atoms. The summed E-state index contributed by atoms with van der Waals surface area (Å²) in [4.78, 5) is 42.3. The first-order chi connectivity index (χ1) is 12.5. The number of para-hydroxylation sites is 3. The van der Waals surface area contributed by atoms with Gasteiger partial charge in [-0.1, -0.05) is 30.3 Å². The predicted molar refractivity (Wildman–Crippen MR) is 96.8 cm³/mol. The van der Waals surface area contributed by atoms with Crippen LogP contribution >= 0.6 is 0 Å². The number of rotatable bonds is 4. The van der Waals surface area contributed by atoms with Gasteiger partial charge in [-0.25, -0.2) is 9.69 Å². The molecule has 0 spiro atoms. The average Bonchev–Trinajstić information content (AvgIpc) is 2.63. The van der Waals surface area contributed by atoms with Crippen LogP contribution in [0.15, 0.2) is 53.5 Å². The first-order valence-corrected chi connectivity index (χ1v) is 7.94. The highest BCUT2D eigenvalue weighted by atomic mass is 16.5. The first-order valence-electron chi connectivity index (χ1n) is 7.94. The third-order valence-electron chi connectivity index (χ3n) is 4.01. The van der Waals surface area contributed by atoms with Crippen molar-refractivity contribution in [2.24, 2.45) is 10.9 Å². The van der Waals surface area contributed by atoms with Gasteiger partial charge in [-0.15, -0.1) is 0 Å². The van der Waals surface area contributed by atoms with E-state index in [0.29, 0.717) is 17.1 Å². The Labute approximate surface area is 150 Å². The highest BCUT2D eigenvalue weighted by Crippen LogP contribution is 2.27. The van der Waals surface area contributed by atoms with E-state index in [2.05, 4.69) is 10.3 Å². The number of barbiturate groups is 1. The maximum absolute atomic E-state index is 12.8. The number of methoxy groups -OCH3 is 1. The Morgan fingerprint density at radius 1 is 1.08 bits per heavy atom. The number of aryl methyl sites for hydroxylation is 1. The van der Waals surface area contributed by atoms with Crippen molar-refractivity contribution >= 4 is 35.4 Å². The zero-order valence-electron chi connectivity index (χ0n) is 14.3. The number of carbonyl (C=O) groups is 3. The highest BCUT2D eigenvalue weighted by molar-refractivity contribution is 6.32. The van der Waals surface area contributed by atoms with Crippen LogP contribution in [0.2, 0.25) is 0 Å². The van der Waals surface area contributed by atoms with E-state index in [1.54, 1.807) is 55.5 Å². The Morgan fingerprint density at radius 3 is 2.50 bits per heavy atom. The van der Waals surface area contributed by atoms with E-state index in [0.717, 1.165) is 10.5 Å². The molecule has 1 N–H and O–H groups in total. The largest absolute Gasteiger partial charge is 0.494 e. The van der Waals surface area contributed by atoms with Crippen molar-refractivity contribution in [2.75, 3.05) is 12.0 Å². The van der Waals surface area contributed by atoms with Crippen LogP contribution in [0.25, 0.3) is 0 Å². The van der Waals surface area contributed by atoms with Gasteiger partial charge >= 0.3 is 6.03 Å². The smallest absolute Gasteiger partial charge is 0.335 e. The Hall–Kier alpha value is -3.48. The van der Waals surface area contributed by atoms with Crippen LogP contribution in [0.4, 0.5) is 16.2 Å². The number of urea groups is 1. The second-order valence-corrected chi connectivity index (χ2v) is 5.68. The van der Waals surface area contributed by atoms with Crippen molar-refractivity contribution in [1.29, 1.82) is 0 Å². The third kappa shape index (κ3) is 3.19. The van der Waals surface area contributed by atoms with Gasteiger partial charge < -0.3 is 4.74 Å². The Morgan fingerprint density at radius 2 is 1.77 bits per heavy atom. The van der Waals surface area contributed by atoms with E-state index in [1.807, 2.05) is 0 Å². The van der Waals surface area contributed by atoms with Gasteiger partial charge in [0, 0.05) is 6.21 Å². The first kappa shape index (κ1) is 17.3. The number of hydrogen-bond donors (Lipinski definition) is 1. The molecule has 7 heteroatoms. The molecule has 0 aliphatic carbocycles. The summed E-state index contributed by atoms with van der Waals surface area (Å²) in [6.07, 6.45) is 1.23. The minimum atomic E-state index is -1.21. The fourth-order valence-corrected chi connectivity index (χ4v) is 2.66. The quantitative estimate of drug-likeness (QED) is 0.677. The molecule has 4 amide bonds. The van der Waals surface area contributed by atoms with Crippen LogP contribution in [0, 0.1) is 12.8 Å². The summed E-state index contributed by atoms with van der Waals surface area (Å²) < 4.78 is 5.20. The molecule has 0 bridgehead atoms. The average molecular weight is 351 g/mol. The molecule has 3 rings (SSSR count). The molecule has 1 aliphatic rings. The van der Waals surface area contributed by atoms with Crippen LogP contribution < -0.4 is 15.0 Å². The molecule has 1 saturated heterocycles. The molecule has 1 aliphatic heterocycles. The molecule has 132 valence electrons. The van der Waals surface area contributed by atoms with E-state index in [1.165, 1.54) is 13.3 Å². The SMILES string of the molecule is COc1ccccc1N=C[C@@H]1C(=O)NC(=O)N(c2ccccc2C)C1=O. The molecule has 1 fully saturated rings. The van der Waals surface area contributed by atoms with Gasteiger partial charge in [0.05, 0.1) is 12.8 Å². The van der Waals surface area contributed by atoms with Gasteiger partial charge in [-0.2, -0.15) is 0 Å². The fraction of sp³-hybridized carbons (Fsp3) is 0.158. The van der Waals surface area contributed by atoms with Crippen molar-refractivity contribution < 1.29 is 19.1 Å². The van der Waals surface area contributed by atoms with Crippen LogP contribution in [-0.4, -0.2) is 31.2 Å². The topological polar surface area (TPSA) is 88.1 Å². The lowest BCUT2D eigenvalue weighted by Gasteiger charge is -2.29. The van der Waals surface area contributed by atoms with Gasteiger partial charge in [0.1, 0.15) is 11.4 Å². The molecule has 0 aromatic heterocycles. The number of aliphatic imine (C=N–C) groups is 1. The van der Waals surface area contributed by atoms with Gasteiger partial charge in [0.25, 0.3) is 5.91 Å². The number of benzene rings is 2. The summed E-state index contributed by atoms with van der Waals surface area (Å²) in [5.41, 5.74) is 1.65. The second kappa shape index (κ2) is 7.18. The zero-order valence-corrected chi connectivity index (χ0v) is 14.3. The normalized spacial score (nSPS) is 17.5. The van der Waals surface area contributed by atoms with Crippen molar-refractivity contribution in [3.8, 4) is 5.75 Å². The lowest BCUT2D eigenvalue weighted by molar-refractivity contribution is -0.131. The van der Waals surface area contributed by atoms with Crippen LogP contribution in [0.1, 0.15) is 5.56 Å². The van der Waals surface area contributed by atoms with Crippen molar-refractivity contribution in [3.05, 3.63) is 54.1 Å². The van der Waals surface area contributed by atoms with E-state index < -0.39 is 23.8 Å². The lowest BCUT2D eigenvalue weighted by atomic mass is 10.0. The Bertz CT molecular complexity index is 907. The molecular formula is C19H17N3O4. The van der Waals surface area contributed by atoms with Crippen LogP contribution in [0.5, 0.6) is 5.75 Å². The standard InChI is InChI=1S/C19H17N3O4/c1-12-7-3-5-9-15(12)22-18(24)13(17(23)21-19(22)25)11-20-14-8-4-6-10-16(14)26-2/h3-11,13H,1-2H3,(H,21,23,25)/t13-/m1/s1. The number of hydrogen-bond acceptors (Lipinski definition) is 5. The number of carbonyl (C=O) groups excluding carboxylic acids is 3. The molecule has 0 unspecified atom stereocenters. The second-order valence-electron chi connectivity index (χ2n) is 5.68. The molecule has 1 atom stereocenters. The summed E-state index contributed by atoms with van der Waals surface area (Å²) in [5, 5.41) is 2.21. The van der Waals surface area contributed by atoms with Crippen LogP contribution in [-0.2, 0) is 9.59 Å². The monoisotopic (exact) mass is 351 g/mol. The zero-order chi connectivity index (χ0) is 18.7. The van der Waals surface area contributed by atoms with E-state index in [4.69, 9.17) is 4.74 Å². The number of nitrogens with one attached hydrogen (secondary N) is 1. The fourth-order valence-electron chi connectivity index (χ4n) is 2.66. The minimum Gasteiger partial charge on any atom is -0.494 e. The number of ether oxygens (including phenoxy) is 1. The van der Waals surface area contributed by atoms with Crippen LogP contribution in [0.3, 0.4) is 0 Å². The number of amides is 4. The minimum absolute atomic E-state index is 0.429. The van der Waals surface area contributed by atoms with Gasteiger partial charge in [-0.05, 0) is 30.7 Å². The van der Waals surface area contributed by atoms with Crippen molar-refractivity contribution in [3.63, 3.8) is 0 Å². The molecule has 2 aromatic carbocycles. The highest BCUT2D eigenvalue weighted by Gasteiger charge is 2.40. The van der Waals surface area contributed by atoms with E-state index in [-0.39, 0.29) is 0 Å². The molecule has 0 saturated carbocycles. The Kier molecular flexibility index (Phi) is 4.79. The summed E-state index contributed by atoms with van der Waals surface area (Å²) in [6.45, 7) is 1.78. The van der Waals surface area contributed by atoms with Gasteiger partial charge in [0.15, 0.2) is 5.92 Å². The summed E-state index contributed by atoms with van der Waals surface area (Å²) >= 11 is 0. The Balaban J connectivity index is 1.93. The summed E-state index contributed by atoms with van der Waals surface area (Å²) in [7, 11) is 1.51. The molecule has 1 heterocycles. The summed E-state index contributed by atoms with van der Waals surface area (Å²) in [6, 6.07) is 13.2. The van der Waals surface area contributed by atoms with Crippen molar-refractivity contribution in [1.82, 2.24) is 5.32 Å². The molecule has 2 aromatic rings. The van der Waals surface area contributed by atoms with Gasteiger partial charge in [-0.3, -0.25) is 19.9 Å². The van der Waals surface area contributed by atoms with Crippen molar-refractivity contribution in [2.45, 2.75) is 6.92 Å². The van der Waals surface area contributed by atoms with E-state index in [9.17, 15) is 14.4 Å². The number of anilines is 1. The number of nitrogens with zero attached hydrogens (tertiary/aromatic N) is 2. The lowest BCUT2D eigenvalue weighted by Crippen LogP contribution is -2.58. The molecular weight excluding hydrogens is 334 g/mol. The molecule has 7 nitrogen and oxygen atoms in total. The van der Waals surface area contributed by atoms with Gasteiger partial charge in [0.2, 0.25) is 5.91 Å². The maximum atomic E-state index is 12.8. The predicted octanol–water partition coefficient (Wildman–Crippen LogP) is 2.61. The number of imide groups is 2. The maximum Gasteiger partial charge on any atom is 0.335 e. The van der Waals surface area contributed by atoms with E-state index >= 15 is 0 Å². The molecule has 0 radical (unpaired) electrons.